The summed E-state index contributed by atoms with van der Waals surface area (Å²) in [7, 11) is -3.80. The average molecular weight is 305 g/mol. The van der Waals surface area contributed by atoms with Crippen LogP contribution in [-0.4, -0.2) is 13.4 Å². The van der Waals surface area contributed by atoms with Crippen LogP contribution in [0.3, 0.4) is 0 Å². The van der Waals surface area contributed by atoms with Gasteiger partial charge in [-0.05, 0) is 49.6 Å². The summed E-state index contributed by atoms with van der Waals surface area (Å²) in [6.07, 6.45) is 1.53. The number of nitrogens with two attached hydrogens (primary N) is 1. The van der Waals surface area contributed by atoms with Crippen molar-refractivity contribution in [2.24, 2.45) is 5.14 Å². The zero-order valence-corrected chi connectivity index (χ0v) is 13.1. The Morgan fingerprint density at radius 1 is 1.19 bits per heavy atom. The summed E-state index contributed by atoms with van der Waals surface area (Å²) in [6.45, 7) is 6.05. The van der Waals surface area contributed by atoms with Gasteiger partial charge >= 0.3 is 0 Å². The van der Waals surface area contributed by atoms with Crippen molar-refractivity contribution in [3.63, 3.8) is 0 Å². The first-order valence-corrected chi connectivity index (χ1v) is 8.16. The largest absolute Gasteiger partial charge is 0.362 e. The van der Waals surface area contributed by atoms with Crippen LogP contribution in [0, 0.1) is 13.8 Å². The maximum Gasteiger partial charge on any atom is 0.241 e. The van der Waals surface area contributed by atoms with Gasteiger partial charge in [0.05, 0.1) is 6.04 Å². The molecule has 0 saturated carbocycles. The first-order chi connectivity index (χ1) is 9.80. The smallest absolute Gasteiger partial charge is 0.241 e. The third kappa shape index (κ3) is 3.40. The summed E-state index contributed by atoms with van der Waals surface area (Å²) >= 11 is 0. The van der Waals surface area contributed by atoms with Crippen molar-refractivity contribution >= 4 is 15.8 Å². The van der Waals surface area contributed by atoms with E-state index in [1.165, 1.54) is 23.4 Å². The van der Waals surface area contributed by atoms with Crippen molar-refractivity contribution < 1.29 is 8.42 Å². The van der Waals surface area contributed by atoms with Crippen LogP contribution in [0.4, 0.5) is 5.82 Å². The van der Waals surface area contributed by atoms with Crippen molar-refractivity contribution in [1.29, 1.82) is 0 Å². The van der Waals surface area contributed by atoms with Gasteiger partial charge in [0.25, 0.3) is 0 Å². The molecule has 0 radical (unpaired) electrons. The molecule has 0 aliphatic heterocycles. The van der Waals surface area contributed by atoms with E-state index in [0.717, 1.165) is 5.56 Å². The van der Waals surface area contributed by atoms with Gasteiger partial charge in [0.2, 0.25) is 10.0 Å². The molecule has 3 N–H and O–H groups in total. The second-order valence-corrected chi connectivity index (χ2v) is 6.58. The summed E-state index contributed by atoms with van der Waals surface area (Å²) in [5, 5.41) is 8.35. The van der Waals surface area contributed by atoms with E-state index < -0.39 is 10.0 Å². The number of pyridine rings is 1. The van der Waals surface area contributed by atoms with Crippen molar-refractivity contribution in [3.8, 4) is 0 Å². The highest BCUT2D eigenvalue weighted by molar-refractivity contribution is 7.89. The minimum Gasteiger partial charge on any atom is -0.362 e. The fraction of sp³-hybridized carbons (Fsp3) is 0.267. The maximum atomic E-state index is 11.6. The van der Waals surface area contributed by atoms with Gasteiger partial charge in [-0.1, -0.05) is 18.2 Å². The lowest BCUT2D eigenvalue weighted by Crippen LogP contribution is -2.17. The number of aryl methyl sites for hydroxylation is 1. The molecule has 0 aliphatic carbocycles. The Hall–Kier alpha value is -1.92. The molecule has 1 heterocycles. The molecule has 6 heteroatoms. The van der Waals surface area contributed by atoms with Crippen LogP contribution in [0.1, 0.15) is 29.7 Å². The Labute approximate surface area is 125 Å². The van der Waals surface area contributed by atoms with Crippen molar-refractivity contribution in [1.82, 2.24) is 4.98 Å². The predicted octanol–water partition coefficient (Wildman–Crippen LogP) is 2.52. The molecule has 5 nitrogen and oxygen atoms in total. The maximum absolute atomic E-state index is 11.6. The zero-order chi connectivity index (χ0) is 15.6. The van der Waals surface area contributed by atoms with Crippen molar-refractivity contribution in [2.45, 2.75) is 31.7 Å². The van der Waals surface area contributed by atoms with Crippen LogP contribution < -0.4 is 10.5 Å². The predicted molar refractivity (Wildman–Crippen MR) is 83.6 cm³/mol. The summed E-state index contributed by atoms with van der Waals surface area (Å²) in [5.74, 6) is 0.272. The van der Waals surface area contributed by atoms with E-state index in [1.54, 1.807) is 6.07 Å². The number of rotatable bonds is 4. The number of hydrogen-bond acceptors (Lipinski definition) is 4. The normalized spacial score (nSPS) is 13.0. The Kier molecular flexibility index (Phi) is 4.29. The molecule has 0 amide bonds. The lowest BCUT2D eigenvalue weighted by Gasteiger charge is -2.19. The third-order valence-electron chi connectivity index (χ3n) is 3.54. The van der Waals surface area contributed by atoms with E-state index in [9.17, 15) is 8.42 Å². The van der Waals surface area contributed by atoms with Gasteiger partial charge in [0.15, 0.2) is 0 Å². The molecule has 112 valence electrons. The second kappa shape index (κ2) is 5.83. The molecule has 1 aromatic heterocycles. The monoisotopic (exact) mass is 305 g/mol. The number of anilines is 1. The molecule has 2 rings (SSSR count). The number of benzene rings is 1. The van der Waals surface area contributed by atoms with Crippen LogP contribution in [0.2, 0.25) is 0 Å². The van der Waals surface area contributed by atoms with Gasteiger partial charge in [0, 0.05) is 6.20 Å². The van der Waals surface area contributed by atoms with Crippen LogP contribution in [0.25, 0.3) is 0 Å². The van der Waals surface area contributed by atoms with Crippen molar-refractivity contribution in [3.05, 3.63) is 53.2 Å². The lowest BCUT2D eigenvalue weighted by molar-refractivity contribution is 0.597. The zero-order valence-electron chi connectivity index (χ0n) is 12.3. The van der Waals surface area contributed by atoms with Gasteiger partial charge in [-0.2, -0.15) is 0 Å². The summed E-state index contributed by atoms with van der Waals surface area (Å²) in [6, 6.07) is 8.95. The number of primary sulfonamides is 1. The summed E-state index contributed by atoms with van der Waals surface area (Å²) < 4.78 is 23.2. The molecule has 1 aromatic carbocycles. The number of aromatic nitrogens is 1. The number of sulfonamides is 1. The fourth-order valence-corrected chi connectivity index (χ4v) is 2.90. The Morgan fingerprint density at radius 2 is 1.90 bits per heavy atom. The van der Waals surface area contributed by atoms with E-state index in [-0.39, 0.29) is 16.8 Å². The van der Waals surface area contributed by atoms with E-state index >= 15 is 0 Å². The average Bonchev–Trinajstić information content (AvgIpc) is 2.41. The highest BCUT2D eigenvalue weighted by atomic mass is 32.2. The van der Waals surface area contributed by atoms with E-state index in [0.29, 0.717) is 0 Å². The van der Waals surface area contributed by atoms with Crippen molar-refractivity contribution in [2.75, 3.05) is 5.32 Å². The second-order valence-electron chi connectivity index (χ2n) is 5.05. The number of nitrogens with one attached hydrogen (secondary N) is 1. The Bertz CT molecular complexity index is 757. The van der Waals surface area contributed by atoms with Crippen LogP contribution >= 0.6 is 0 Å². The van der Waals surface area contributed by atoms with Crippen LogP contribution in [0.5, 0.6) is 0 Å². The summed E-state index contributed by atoms with van der Waals surface area (Å²) in [4.78, 5) is 4.09. The third-order valence-corrected chi connectivity index (χ3v) is 4.49. The van der Waals surface area contributed by atoms with Crippen LogP contribution in [0.15, 0.2) is 41.4 Å². The van der Waals surface area contributed by atoms with Gasteiger partial charge in [-0.25, -0.2) is 18.5 Å². The van der Waals surface area contributed by atoms with E-state index in [1.807, 2.05) is 39.0 Å². The Morgan fingerprint density at radius 3 is 2.57 bits per heavy atom. The molecule has 1 atom stereocenters. The molecule has 0 aliphatic rings. The van der Waals surface area contributed by atoms with Gasteiger partial charge < -0.3 is 5.32 Å². The molecule has 0 bridgehead atoms. The molecular formula is C15H19N3O2S. The molecule has 0 fully saturated rings. The topological polar surface area (TPSA) is 85.1 Å². The van der Waals surface area contributed by atoms with E-state index in [2.05, 4.69) is 10.3 Å². The quantitative estimate of drug-likeness (QED) is 0.909. The lowest BCUT2D eigenvalue weighted by atomic mass is 9.98. The molecule has 21 heavy (non-hydrogen) atoms. The van der Waals surface area contributed by atoms with Gasteiger partial charge in [-0.15, -0.1) is 0 Å². The molecule has 2 aromatic rings. The first-order valence-electron chi connectivity index (χ1n) is 6.61. The molecule has 0 spiro atoms. The highest BCUT2D eigenvalue weighted by Crippen LogP contribution is 2.25. The highest BCUT2D eigenvalue weighted by Gasteiger charge is 2.17. The fourth-order valence-electron chi connectivity index (χ4n) is 2.25. The standard InChI is InChI=1S/C15H19N3O2S/c1-10-6-4-7-13(11(10)2)12(3)18-15-14(21(16,19)20)8-5-9-17-15/h4-9,12H,1-3H3,(H,17,18)(H2,16,19,20). The number of nitrogens with zero attached hydrogens (tertiary/aromatic N) is 1. The Balaban J connectivity index is 2.37. The van der Waals surface area contributed by atoms with E-state index in [4.69, 9.17) is 5.14 Å². The summed E-state index contributed by atoms with van der Waals surface area (Å²) in [5.41, 5.74) is 3.46. The first kappa shape index (κ1) is 15.5. The van der Waals surface area contributed by atoms with Gasteiger partial charge in [-0.3, -0.25) is 0 Å². The molecule has 1 unspecified atom stereocenters. The number of hydrogen-bond donors (Lipinski definition) is 2. The van der Waals surface area contributed by atoms with Gasteiger partial charge in [0.1, 0.15) is 10.7 Å². The SMILES string of the molecule is Cc1cccc(C(C)Nc2ncccc2S(N)(=O)=O)c1C. The molecule has 0 saturated heterocycles. The minimum atomic E-state index is -3.80. The van der Waals surface area contributed by atoms with Crippen LogP contribution in [-0.2, 0) is 10.0 Å². The minimum absolute atomic E-state index is 0.00200. The molecular weight excluding hydrogens is 286 g/mol.